The SMILES string of the molecule is CC(C)OCCNS(=O)(=O)c1cn(C)nc1N. The van der Waals surface area contributed by atoms with Crippen molar-refractivity contribution in [2.75, 3.05) is 18.9 Å². The van der Waals surface area contributed by atoms with Crippen LogP contribution in [0, 0.1) is 0 Å². The van der Waals surface area contributed by atoms with Crippen LogP contribution >= 0.6 is 0 Å². The monoisotopic (exact) mass is 262 g/mol. The van der Waals surface area contributed by atoms with Gasteiger partial charge in [0, 0.05) is 19.8 Å². The van der Waals surface area contributed by atoms with Crippen LogP contribution in [0.25, 0.3) is 0 Å². The van der Waals surface area contributed by atoms with Gasteiger partial charge in [-0.2, -0.15) is 5.10 Å². The first-order valence-corrected chi connectivity index (χ1v) is 6.71. The molecule has 0 fully saturated rings. The van der Waals surface area contributed by atoms with Gasteiger partial charge in [0.25, 0.3) is 0 Å². The highest BCUT2D eigenvalue weighted by atomic mass is 32.2. The first-order valence-electron chi connectivity index (χ1n) is 5.23. The Balaban J connectivity index is 2.60. The Bertz CT molecular complexity index is 467. The predicted molar refractivity (Wildman–Crippen MR) is 63.9 cm³/mol. The summed E-state index contributed by atoms with van der Waals surface area (Å²) in [4.78, 5) is -0.00968. The van der Waals surface area contributed by atoms with E-state index in [1.54, 1.807) is 7.05 Å². The largest absolute Gasteiger partial charge is 0.381 e. The zero-order valence-corrected chi connectivity index (χ0v) is 11.0. The average Bonchev–Trinajstić information content (AvgIpc) is 2.53. The van der Waals surface area contributed by atoms with Crippen LogP contribution in [0.1, 0.15) is 13.8 Å². The third kappa shape index (κ3) is 3.99. The van der Waals surface area contributed by atoms with Gasteiger partial charge < -0.3 is 10.5 Å². The minimum absolute atomic E-state index is 0.00946. The molecule has 0 aliphatic heterocycles. The van der Waals surface area contributed by atoms with E-state index in [1.807, 2.05) is 13.8 Å². The second-order valence-corrected chi connectivity index (χ2v) is 5.60. The van der Waals surface area contributed by atoms with Gasteiger partial charge in [-0.15, -0.1) is 0 Å². The lowest BCUT2D eigenvalue weighted by Crippen LogP contribution is -2.28. The summed E-state index contributed by atoms with van der Waals surface area (Å²) in [5, 5.41) is 3.78. The molecule has 0 atom stereocenters. The highest BCUT2D eigenvalue weighted by molar-refractivity contribution is 7.89. The molecule has 0 aliphatic carbocycles. The average molecular weight is 262 g/mol. The highest BCUT2D eigenvalue weighted by Gasteiger charge is 2.19. The van der Waals surface area contributed by atoms with Crippen molar-refractivity contribution in [3.63, 3.8) is 0 Å². The van der Waals surface area contributed by atoms with E-state index in [-0.39, 0.29) is 23.4 Å². The fourth-order valence-electron chi connectivity index (χ4n) is 1.24. The molecule has 3 N–H and O–H groups in total. The number of aromatic nitrogens is 2. The van der Waals surface area contributed by atoms with E-state index in [0.29, 0.717) is 6.61 Å². The van der Waals surface area contributed by atoms with Crippen LogP contribution in [0.5, 0.6) is 0 Å². The van der Waals surface area contributed by atoms with Crippen LogP contribution in [-0.2, 0) is 21.8 Å². The van der Waals surface area contributed by atoms with Crippen molar-refractivity contribution in [3.8, 4) is 0 Å². The molecule has 0 aliphatic rings. The van der Waals surface area contributed by atoms with Gasteiger partial charge in [0.05, 0.1) is 12.7 Å². The molecule has 1 aromatic rings. The first-order chi connectivity index (χ1) is 7.83. The van der Waals surface area contributed by atoms with Gasteiger partial charge in [-0.1, -0.05) is 0 Å². The van der Waals surface area contributed by atoms with E-state index in [2.05, 4.69) is 9.82 Å². The number of sulfonamides is 1. The smallest absolute Gasteiger partial charge is 0.245 e. The Morgan fingerprint density at radius 3 is 2.71 bits per heavy atom. The van der Waals surface area contributed by atoms with Crippen LogP contribution in [0.4, 0.5) is 5.82 Å². The predicted octanol–water partition coefficient (Wildman–Crippen LogP) is -0.294. The van der Waals surface area contributed by atoms with Gasteiger partial charge >= 0.3 is 0 Å². The summed E-state index contributed by atoms with van der Waals surface area (Å²) in [6, 6.07) is 0. The topological polar surface area (TPSA) is 99.2 Å². The van der Waals surface area contributed by atoms with Gasteiger partial charge in [-0.25, -0.2) is 13.1 Å². The molecule has 1 aromatic heterocycles. The minimum atomic E-state index is -3.61. The number of nitrogens with one attached hydrogen (secondary N) is 1. The van der Waals surface area contributed by atoms with E-state index in [9.17, 15) is 8.42 Å². The Labute approximate surface area is 101 Å². The van der Waals surface area contributed by atoms with Crippen molar-refractivity contribution in [2.45, 2.75) is 24.8 Å². The number of anilines is 1. The lowest BCUT2D eigenvalue weighted by atomic mass is 10.5. The van der Waals surface area contributed by atoms with E-state index in [1.165, 1.54) is 10.9 Å². The summed E-state index contributed by atoms with van der Waals surface area (Å²) in [7, 11) is -2.00. The molecule has 0 bridgehead atoms. The van der Waals surface area contributed by atoms with E-state index >= 15 is 0 Å². The molecule has 1 heterocycles. The maximum Gasteiger partial charge on any atom is 0.245 e. The number of nitrogens with zero attached hydrogens (tertiary/aromatic N) is 2. The number of hydrogen-bond acceptors (Lipinski definition) is 5. The molecule has 0 aromatic carbocycles. The molecule has 0 spiro atoms. The van der Waals surface area contributed by atoms with Crippen LogP contribution in [-0.4, -0.2) is 37.5 Å². The molecule has 98 valence electrons. The molecular weight excluding hydrogens is 244 g/mol. The molecule has 0 radical (unpaired) electrons. The number of aryl methyl sites for hydroxylation is 1. The van der Waals surface area contributed by atoms with Crippen LogP contribution in [0.3, 0.4) is 0 Å². The second-order valence-electron chi connectivity index (χ2n) is 3.87. The van der Waals surface area contributed by atoms with Crippen molar-refractivity contribution in [1.29, 1.82) is 0 Å². The summed E-state index contributed by atoms with van der Waals surface area (Å²) in [5.74, 6) is -0.00946. The summed E-state index contributed by atoms with van der Waals surface area (Å²) in [6.45, 7) is 4.28. The summed E-state index contributed by atoms with van der Waals surface area (Å²) in [5.41, 5.74) is 5.50. The second kappa shape index (κ2) is 5.48. The van der Waals surface area contributed by atoms with Crippen molar-refractivity contribution in [3.05, 3.63) is 6.20 Å². The maximum atomic E-state index is 11.8. The lowest BCUT2D eigenvalue weighted by molar-refractivity contribution is 0.0834. The Morgan fingerprint density at radius 2 is 2.24 bits per heavy atom. The summed E-state index contributed by atoms with van der Waals surface area (Å²) in [6.07, 6.45) is 1.43. The highest BCUT2D eigenvalue weighted by Crippen LogP contribution is 2.14. The molecule has 7 nitrogen and oxygen atoms in total. The standard InChI is InChI=1S/C9H18N4O3S/c1-7(2)16-5-4-11-17(14,15)8-6-13(3)12-9(8)10/h6-7,11H,4-5H2,1-3H3,(H2,10,12). The van der Waals surface area contributed by atoms with Gasteiger partial charge in [0.2, 0.25) is 10.0 Å². The van der Waals surface area contributed by atoms with Crippen molar-refractivity contribution < 1.29 is 13.2 Å². The normalized spacial score (nSPS) is 12.2. The number of nitrogen functional groups attached to an aromatic ring is 1. The molecule has 1 rings (SSSR count). The van der Waals surface area contributed by atoms with Gasteiger partial charge in [0.1, 0.15) is 4.90 Å². The Hall–Kier alpha value is -1.12. The Morgan fingerprint density at radius 1 is 1.59 bits per heavy atom. The number of rotatable bonds is 6. The molecular formula is C9H18N4O3S. The first kappa shape index (κ1) is 13.9. The van der Waals surface area contributed by atoms with Crippen molar-refractivity contribution in [1.82, 2.24) is 14.5 Å². The van der Waals surface area contributed by atoms with Gasteiger partial charge in [-0.05, 0) is 13.8 Å². The van der Waals surface area contributed by atoms with Gasteiger partial charge in [0.15, 0.2) is 5.82 Å². The quantitative estimate of drug-likeness (QED) is 0.686. The zero-order valence-electron chi connectivity index (χ0n) is 10.2. The van der Waals surface area contributed by atoms with Crippen LogP contribution < -0.4 is 10.5 Å². The number of ether oxygens (including phenoxy) is 1. The minimum Gasteiger partial charge on any atom is -0.381 e. The molecule has 0 amide bonds. The van der Waals surface area contributed by atoms with Crippen molar-refractivity contribution >= 4 is 15.8 Å². The molecule has 0 saturated heterocycles. The van der Waals surface area contributed by atoms with Gasteiger partial charge in [-0.3, -0.25) is 4.68 Å². The van der Waals surface area contributed by atoms with Crippen LogP contribution in [0.15, 0.2) is 11.1 Å². The van der Waals surface area contributed by atoms with E-state index in [0.717, 1.165) is 0 Å². The maximum absolute atomic E-state index is 11.8. The van der Waals surface area contributed by atoms with Crippen LogP contribution in [0.2, 0.25) is 0 Å². The molecule has 0 saturated carbocycles. The molecule has 8 heteroatoms. The zero-order chi connectivity index (χ0) is 13.1. The number of hydrogen-bond donors (Lipinski definition) is 2. The van der Waals surface area contributed by atoms with Crippen molar-refractivity contribution in [2.24, 2.45) is 7.05 Å². The van der Waals surface area contributed by atoms with E-state index < -0.39 is 10.0 Å². The molecule has 17 heavy (non-hydrogen) atoms. The summed E-state index contributed by atoms with van der Waals surface area (Å²) < 4.78 is 32.6. The fraction of sp³-hybridized carbons (Fsp3) is 0.667. The summed E-state index contributed by atoms with van der Waals surface area (Å²) >= 11 is 0. The number of nitrogens with two attached hydrogens (primary N) is 1. The Kier molecular flexibility index (Phi) is 4.49. The third-order valence-corrected chi connectivity index (χ3v) is 3.43. The lowest BCUT2D eigenvalue weighted by Gasteiger charge is -2.08. The van der Waals surface area contributed by atoms with E-state index in [4.69, 9.17) is 10.5 Å². The third-order valence-electron chi connectivity index (χ3n) is 1.96. The molecule has 0 unspecified atom stereocenters. The fourth-order valence-corrected chi connectivity index (χ4v) is 2.35.